The Hall–Kier alpha value is -1.48. The number of halogens is 1. The van der Waals surface area contributed by atoms with Gasteiger partial charge in [0, 0.05) is 18.3 Å². The number of methoxy groups -OCH3 is 1. The van der Waals surface area contributed by atoms with E-state index in [1.54, 1.807) is 7.11 Å². The number of hydrogen-bond acceptors (Lipinski definition) is 2. The highest BCUT2D eigenvalue weighted by Crippen LogP contribution is 2.28. The molecule has 0 amide bonds. The predicted molar refractivity (Wildman–Crippen MR) is 86.5 cm³/mol. The van der Waals surface area contributed by atoms with Gasteiger partial charge in [0.2, 0.25) is 0 Å². The van der Waals surface area contributed by atoms with Crippen LogP contribution in [-0.4, -0.2) is 7.11 Å². The van der Waals surface area contributed by atoms with Crippen molar-refractivity contribution in [3.8, 4) is 5.75 Å². The van der Waals surface area contributed by atoms with E-state index in [1.807, 2.05) is 12.1 Å². The van der Waals surface area contributed by atoms with E-state index in [0.29, 0.717) is 0 Å². The average molecular weight is 332 g/mol. The van der Waals surface area contributed by atoms with Gasteiger partial charge < -0.3 is 10.1 Å². The molecule has 1 aliphatic rings. The zero-order valence-electron chi connectivity index (χ0n) is 11.6. The molecule has 0 aliphatic heterocycles. The standard InChI is InChI=1S/C17H18BrNO/c1-20-17-10-15(7-8-16(17)18)19-11-12-5-6-13-3-2-4-14(13)9-12/h5-10,19H,2-4,11H2,1H3. The summed E-state index contributed by atoms with van der Waals surface area (Å²) in [5, 5.41) is 3.45. The molecule has 0 atom stereocenters. The van der Waals surface area contributed by atoms with Crippen molar-refractivity contribution in [2.24, 2.45) is 0 Å². The van der Waals surface area contributed by atoms with E-state index in [4.69, 9.17) is 4.74 Å². The molecule has 104 valence electrons. The van der Waals surface area contributed by atoms with Crippen LogP contribution in [0.2, 0.25) is 0 Å². The number of fused-ring (bicyclic) bond motifs is 1. The van der Waals surface area contributed by atoms with Gasteiger partial charge in [-0.25, -0.2) is 0 Å². The summed E-state index contributed by atoms with van der Waals surface area (Å²) in [5.41, 5.74) is 5.47. The summed E-state index contributed by atoms with van der Waals surface area (Å²) in [6.07, 6.45) is 3.78. The molecular formula is C17H18BrNO. The topological polar surface area (TPSA) is 21.3 Å². The highest BCUT2D eigenvalue weighted by atomic mass is 79.9. The second-order valence-electron chi connectivity index (χ2n) is 5.16. The molecule has 0 heterocycles. The minimum Gasteiger partial charge on any atom is -0.495 e. The van der Waals surface area contributed by atoms with Crippen LogP contribution in [0.15, 0.2) is 40.9 Å². The van der Waals surface area contributed by atoms with E-state index >= 15 is 0 Å². The van der Waals surface area contributed by atoms with Gasteiger partial charge in [-0.2, -0.15) is 0 Å². The lowest BCUT2D eigenvalue weighted by molar-refractivity contribution is 0.412. The third-order valence-electron chi connectivity index (χ3n) is 3.81. The summed E-state index contributed by atoms with van der Waals surface area (Å²) in [5.74, 6) is 0.851. The zero-order valence-corrected chi connectivity index (χ0v) is 13.2. The Labute approximate surface area is 128 Å². The summed E-state index contributed by atoms with van der Waals surface area (Å²) in [6, 6.07) is 12.9. The maximum absolute atomic E-state index is 5.31. The Bertz CT molecular complexity index is 613. The van der Waals surface area contributed by atoms with Crippen LogP contribution in [0.3, 0.4) is 0 Å². The summed E-state index contributed by atoms with van der Waals surface area (Å²) < 4.78 is 6.29. The highest BCUT2D eigenvalue weighted by molar-refractivity contribution is 9.10. The first kappa shape index (κ1) is 13.5. The predicted octanol–water partition coefficient (Wildman–Crippen LogP) is 4.56. The molecule has 2 aromatic rings. The second kappa shape index (κ2) is 5.88. The first-order chi connectivity index (χ1) is 9.76. The minimum atomic E-state index is 0.845. The summed E-state index contributed by atoms with van der Waals surface area (Å²) >= 11 is 3.47. The first-order valence-corrected chi connectivity index (χ1v) is 7.73. The third kappa shape index (κ3) is 2.83. The molecule has 0 bridgehead atoms. The Kier molecular flexibility index (Phi) is 3.97. The number of rotatable bonds is 4. The molecule has 0 fully saturated rings. The van der Waals surface area contributed by atoms with E-state index in [1.165, 1.54) is 36.0 Å². The van der Waals surface area contributed by atoms with Gasteiger partial charge in [0.1, 0.15) is 5.75 Å². The zero-order chi connectivity index (χ0) is 13.9. The van der Waals surface area contributed by atoms with Crippen molar-refractivity contribution < 1.29 is 4.74 Å². The van der Waals surface area contributed by atoms with Gasteiger partial charge in [-0.1, -0.05) is 18.2 Å². The van der Waals surface area contributed by atoms with Crippen LogP contribution >= 0.6 is 15.9 Å². The molecule has 2 aromatic carbocycles. The van der Waals surface area contributed by atoms with E-state index in [2.05, 4.69) is 45.5 Å². The van der Waals surface area contributed by atoms with Crippen molar-refractivity contribution in [3.05, 3.63) is 57.6 Å². The SMILES string of the molecule is COc1cc(NCc2ccc3c(c2)CCC3)ccc1Br. The maximum Gasteiger partial charge on any atom is 0.135 e. The van der Waals surface area contributed by atoms with Crippen LogP contribution in [0.1, 0.15) is 23.1 Å². The molecule has 0 spiro atoms. The average Bonchev–Trinajstić information content (AvgIpc) is 2.94. The fraction of sp³-hybridized carbons (Fsp3) is 0.294. The fourth-order valence-electron chi connectivity index (χ4n) is 2.71. The van der Waals surface area contributed by atoms with Crippen LogP contribution in [-0.2, 0) is 19.4 Å². The van der Waals surface area contributed by atoms with Gasteiger partial charge in [0.05, 0.1) is 11.6 Å². The molecule has 0 unspecified atom stereocenters. The lowest BCUT2D eigenvalue weighted by Gasteiger charge is -2.10. The van der Waals surface area contributed by atoms with Gasteiger partial charge in [-0.3, -0.25) is 0 Å². The summed E-state index contributed by atoms with van der Waals surface area (Å²) in [6.45, 7) is 0.845. The highest BCUT2D eigenvalue weighted by Gasteiger charge is 2.10. The van der Waals surface area contributed by atoms with Crippen LogP contribution in [0, 0.1) is 0 Å². The van der Waals surface area contributed by atoms with E-state index in [-0.39, 0.29) is 0 Å². The second-order valence-corrected chi connectivity index (χ2v) is 6.01. The molecule has 1 N–H and O–H groups in total. The Morgan fingerprint density at radius 1 is 1.10 bits per heavy atom. The lowest BCUT2D eigenvalue weighted by Crippen LogP contribution is -2.00. The molecular weight excluding hydrogens is 314 g/mol. The van der Waals surface area contributed by atoms with Crippen molar-refractivity contribution in [1.82, 2.24) is 0 Å². The number of nitrogens with one attached hydrogen (secondary N) is 1. The van der Waals surface area contributed by atoms with Gasteiger partial charge in [0.25, 0.3) is 0 Å². The van der Waals surface area contributed by atoms with Crippen LogP contribution in [0.5, 0.6) is 5.75 Å². The quantitative estimate of drug-likeness (QED) is 0.886. The molecule has 20 heavy (non-hydrogen) atoms. The van der Waals surface area contributed by atoms with E-state index in [9.17, 15) is 0 Å². The molecule has 0 radical (unpaired) electrons. The van der Waals surface area contributed by atoms with Crippen LogP contribution < -0.4 is 10.1 Å². The number of benzene rings is 2. The number of ether oxygens (including phenoxy) is 1. The van der Waals surface area contributed by atoms with Crippen molar-refractivity contribution in [3.63, 3.8) is 0 Å². The number of anilines is 1. The third-order valence-corrected chi connectivity index (χ3v) is 4.47. The van der Waals surface area contributed by atoms with E-state index in [0.717, 1.165) is 22.5 Å². The molecule has 0 aromatic heterocycles. The van der Waals surface area contributed by atoms with Crippen molar-refractivity contribution in [2.75, 3.05) is 12.4 Å². The molecule has 2 nitrogen and oxygen atoms in total. The number of aryl methyl sites for hydroxylation is 2. The van der Waals surface area contributed by atoms with Gasteiger partial charge >= 0.3 is 0 Å². The van der Waals surface area contributed by atoms with Gasteiger partial charge in [-0.05, 0) is 64.0 Å². The lowest BCUT2D eigenvalue weighted by atomic mass is 10.1. The van der Waals surface area contributed by atoms with E-state index < -0.39 is 0 Å². The van der Waals surface area contributed by atoms with Crippen LogP contribution in [0.25, 0.3) is 0 Å². The smallest absolute Gasteiger partial charge is 0.135 e. The maximum atomic E-state index is 5.31. The molecule has 0 saturated heterocycles. The Balaban J connectivity index is 1.70. The molecule has 3 heteroatoms. The monoisotopic (exact) mass is 331 g/mol. The van der Waals surface area contributed by atoms with Crippen molar-refractivity contribution >= 4 is 21.6 Å². The van der Waals surface area contributed by atoms with Crippen LogP contribution in [0.4, 0.5) is 5.69 Å². The minimum absolute atomic E-state index is 0.845. The summed E-state index contributed by atoms with van der Waals surface area (Å²) in [7, 11) is 1.68. The summed E-state index contributed by atoms with van der Waals surface area (Å²) in [4.78, 5) is 0. The first-order valence-electron chi connectivity index (χ1n) is 6.94. The largest absolute Gasteiger partial charge is 0.495 e. The Morgan fingerprint density at radius 2 is 1.95 bits per heavy atom. The molecule has 1 aliphatic carbocycles. The normalized spacial score (nSPS) is 13.1. The Morgan fingerprint density at radius 3 is 2.80 bits per heavy atom. The van der Waals surface area contributed by atoms with Crippen molar-refractivity contribution in [2.45, 2.75) is 25.8 Å². The van der Waals surface area contributed by atoms with Gasteiger partial charge in [0.15, 0.2) is 0 Å². The van der Waals surface area contributed by atoms with Gasteiger partial charge in [-0.15, -0.1) is 0 Å². The molecule has 3 rings (SSSR count). The molecule has 0 saturated carbocycles. The number of hydrogen-bond donors (Lipinski definition) is 1. The fourth-order valence-corrected chi connectivity index (χ4v) is 3.12. The van der Waals surface area contributed by atoms with Crippen molar-refractivity contribution in [1.29, 1.82) is 0 Å².